The minimum Gasteiger partial charge on any atom is -0.385 e. The predicted molar refractivity (Wildman–Crippen MR) is 119 cm³/mol. The molecule has 5 unspecified atom stereocenters. The van der Waals surface area contributed by atoms with Crippen LogP contribution in [0.25, 0.3) is 0 Å². The molecule has 0 aromatic heterocycles. The quantitative estimate of drug-likeness (QED) is 0.728. The number of fused-ring (bicyclic) bond motifs is 3. The topological polar surface area (TPSA) is 41.3 Å². The van der Waals surface area contributed by atoms with Gasteiger partial charge in [0.15, 0.2) is 0 Å². The third-order valence-electron chi connectivity index (χ3n) is 8.16. The summed E-state index contributed by atoms with van der Waals surface area (Å²) < 4.78 is 0. The molecule has 2 saturated carbocycles. The van der Waals surface area contributed by atoms with Gasteiger partial charge in [0.25, 0.3) is 0 Å². The molecule has 0 aromatic rings. The molecule has 2 bridgehead atoms. The normalized spacial score (nSPS) is 39.1. The van der Waals surface area contributed by atoms with E-state index < -0.39 is 0 Å². The Balaban J connectivity index is 1.83. The zero-order valence-electron chi connectivity index (χ0n) is 18.3. The average molecular weight is 382 g/mol. The summed E-state index contributed by atoms with van der Waals surface area (Å²) in [4.78, 5) is 2.85. The van der Waals surface area contributed by atoms with Gasteiger partial charge in [-0.15, -0.1) is 0 Å². The molecule has 1 aliphatic heterocycles. The third-order valence-corrected chi connectivity index (χ3v) is 8.16. The van der Waals surface area contributed by atoms with Crippen LogP contribution in [-0.4, -0.2) is 29.6 Å². The fourth-order valence-electron chi connectivity index (χ4n) is 6.97. The van der Waals surface area contributed by atoms with E-state index in [1.165, 1.54) is 54.6 Å². The molecule has 3 nitrogen and oxygen atoms in total. The second kappa shape index (κ2) is 7.74. The van der Waals surface area contributed by atoms with E-state index >= 15 is 0 Å². The van der Waals surface area contributed by atoms with Crippen LogP contribution >= 0.6 is 0 Å². The minimum absolute atomic E-state index is 0.117. The van der Waals surface area contributed by atoms with Crippen molar-refractivity contribution in [3.05, 3.63) is 46.8 Å². The summed E-state index contributed by atoms with van der Waals surface area (Å²) in [5.74, 6) is 2.34. The smallest absolute Gasteiger partial charge is 0.0855 e. The Morgan fingerprint density at radius 1 is 1.29 bits per heavy atom. The molecule has 4 aliphatic rings. The van der Waals surface area contributed by atoms with E-state index in [0.717, 1.165) is 24.8 Å². The van der Waals surface area contributed by atoms with Crippen LogP contribution in [0.5, 0.6) is 0 Å². The second-order valence-corrected chi connectivity index (χ2v) is 9.57. The van der Waals surface area contributed by atoms with Crippen LogP contribution in [0, 0.1) is 17.8 Å². The van der Waals surface area contributed by atoms with Crippen molar-refractivity contribution in [2.45, 2.75) is 77.8 Å². The highest BCUT2D eigenvalue weighted by Crippen LogP contribution is 2.59. The van der Waals surface area contributed by atoms with Crippen molar-refractivity contribution in [2.75, 3.05) is 13.1 Å². The van der Waals surface area contributed by atoms with Gasteiger partial charge in [0.1, 0.15) is 0 Å². The third kappa shape index (κ3) is 2.89. The Kier molecular flexibility index (Phi) is 5.48. The second-order valence-electron chi connectivity index (χ2n) is 9.57. The van der Waals surface area contributed by atoms with Gasteiger partial charge in [-0.3, -0.25) is 0 Å². The van der Waals surface area contributed by atoms with E-state index in [-0.39, 0.29) is 5.54 Å². The first-order valence-electron chi connectivity index (χ1n) is 11.5. The summed E-state index contributed by atoms with van der Waals surface area (Å²) in [6.45, 7) is 11.0. The molecule has 4 rings (SSSR count). The summed E-state index contributed by atoms with van der Waals surface area (Å²) in [5, 5.41) is 3.85. The van der Waals surface area contributed by atoms with Gasteiger partial charge in [-0.25, -0.2) is 0 Å². The fraction of sp³-hybridized carbons (Fsp3) is 0.680. The Hall–Kier alpha value is -1.48. The zero-order valence-corrected chi connectivity index (χ0v) is 18.3. The van der Waals surface area contributed by atoms with Crippen LogP contribution in [0.3, 0.4) is 0 Å². The molecule has 5 atom stereocenters. The summed E-state index contributed by atoms with van der Waals surface area (Å²) in [5.41, 5.74) is 12.0. The number of rotatable bonds is 4. The fourth-order valence-corrected chi connectivity index (χ4v) is 6.97. The molecule has 0 aromatic carbocycles. The maximum absolute atomic E-state index is 5.93. The lowest BCUT2D eigenvalue weighted by Crippen LogP contribution is -2.63. The lowest BCUT2D eigenvalue weighted by atomic mass is 9.56. The van der Waals surface area contributed by atoms with E-state index in [2.05, 4.69) is 62.2 Å². The molecular formula is C25H39N3. The van der Waals surface area contributed by atoms with Gasteiger partial charge in [0, 0.05) is 36.9 Å². The van der Waals surface area contributed by atoms with Crippen LogP contribution in [-0.2, 0) is 0 Å². The number of allylic oxidation sites excluding steroid dienone is 5. The number of hydrogen-bond acceptors (Lipinski definition) is 3. The molecule has 2 fully saturated rings. The molecule has 0 saturated heterocycles. The van der Waals surface area contributed by atoms with E-state index in [9.17, 15) is 0 Å². The number of nitrogens with zero attached hydrogens (tertiary/aromatic N) is 1. The molecular weight excluding hydrogens is 342 g/mol. The minimum atomic E-state index is 0.117. The summed E-state index contributed by atoms with van der Waals surface area (Å²) >= 11 is 0. The Morgan fingerprint density at radius 2 is 2.11 bits per heavy atom. The number of nitrogens with one attached hydrogen (secondary N) is 1. The zero-order chi connectivity index (χ0) is 19.9. The molecule has 3 N–H and O–H groups in total. The standard InChI is InChI=1S/C25H39N3/c1-5-20-8-7-11-23(16-20)28-19(4)18(3)24(27-13-12-26)25(28)17(2)14-21-9-6-10-22(25)15-21/h5,7-8,11,17,19,21-22,27H,6,9-10,12-16,26H2,1-4H3. The average Bonchev–Trinajstić information content (AvgIpc) is 2.93. The van der Waals surface area contributed by atoms with Crippen LogP contribution < -0.4 is 11.1 Å². The lowest BCUT2D eigenvalue weighted by molar-refractivity contribution is -0.0339. The van der Waals surface area contributed by atoms with Crippen molar-refractivity contribution in [1.29, 1.82) is 0 Å². The summed E-state index contributed by atoms with van der Waals surface area (Å²) in [7, 11) is 0. The highest BCUT2D eigenvalue weighted by atomic mass is 15.3. The molecule has 1 spiro atoms. The SMILES string of the molecule is CC=C1C=CC=C(N2C(C)C(C)=C(NCCN)C23C(C)CC2CCCC3C2)C1. The molecule has 1 heterocycles. The van der Waals surface area contributed by atoms with E-state index in [1.54, 1.807) is 0 Å². The molecule has 0 radical (unpaired) electrons. The number of hydrogen-bond donors (Lipinski definition) is 2. The van der Waals surface area contributed by atoms with E-state index in [4.69, 9.17) is 5.73 Å². The molecule has 154 valence electrons. The van der Waals surface area contributed by atoms with E-state index in [1.807, 2.05) is 0 Å². The van der Waals surface area contributed by atoms with Crippen LogP contribution in [0.1, 0.15) is 66.2 Å². The largest absolute Gasteiger partial charge is 0.385 e. The maximum Gasteiger partial charge on any atom is 0.0855 e. The molecule has 0 amide bonds. The van der Waals surface area contributed by atoms with Crippen molar-refractivity contribution in [2.24, 2.45) is 23.5 Å². The van der Waals surface area contributed by atoms with E-state index in [0.29, 0.717) is 18.5 Å². The molecule has 3 heteroatoms. The first-order chi connectivity index (χ1) is 13.5. The first-order valence-corrected chi connectivity index (χ1v) is 11.5. The molecule has 3 aliphatic carbocycles. The summed E-state index contributed by atoms with van der Waals surface area (Å²) in [6, 6.07) is 0.442. The van der Waals surface area contributed by atoms with Gasteiger partial charge < -0.3 is 16.0 Å². The van der Waals surface area contributed by atoms with Gasteiger partial charge >= 0.3 is 0 Å². The number of nitrogens with two attached hydrogens (primary N) is 1. The Labute approximate surface area is 171 Å². The highest BCUT2D eigenvalue weighted by molar-refractivity contribution is 5.44. The van der Waals surface area contributed by atoms with Gasteiger partial charge in [0.05, 0.1) is 5.54 Å². The van der Waals surface area contributed by atoms with Crippen molar-refractivity contribution >= 4 is 0 Å². The first kappa shape index (κ1) is 19.8. The summed E-state index contributed by atoms with van der Waals surface area (Å²) in [6.07, 6.45) is 17.2. The lowest BCUT2D eigenvalue weighted by Gasteiger charge is -2.59. The predicted octanol–water partition coefficient (Wildman–Crippen LogP) is 4.89. The van der Waals surface area contributed by atoms with Crippen LogP contribution in [0.15, 0.2) is 46.8 Å². The molecule has 28 heavy (non-hydrogen) atoms. The van der Waals surface area contributed by atoms with Crippen molar-refractivity contribution in [3.8, 4) is 0 Å². The monoisotopic (exact) mass is 381 g/mol. The van der Waals surface area contributed by atoms with Crippen molar-refractivity contribution in [1.82, 2.24) is 10.2 Å². The van der Waals surface area contributed by atoms with Gasteiger partial charge in [-0.05, 0) is 75.0 Å². The van der Waals surface area contributed by atoms with Gasteiger partial charge in [-0.1, -0.05) is 38.0 Å². The van der Waals surface area contributed by atoms with Gasteiger partial charge in [-0.2, -0.15) is 0 Å². The van der Waals surface area contributed by atoms with Crippen molar-refractivity contribution < 1.29 is 0 Å². The highest BCUT2D eigenvalue weighted by Gasteiger charge is 2.60. The van der Waals surface area contributed by atoms with Crippen LogP contribution in [0.2, 0.25) is 0 Å². The maximum atomic E-state index is 5.93. The Morgan fingerprint density at radius 3 is 2.86 bits per heavy atom. The Bertz CT molecular complexity index is 726. The van der Waals surface area contributed by atoms with Crippen LogP contribution in [0.4, 0.5) is 0 Å². The van der Waals surface area contributed by atoms with Gasteiger partial charge in [0.2, 0.25) is 0 Å². The van der Waals surface area contributed by atoms with Crippen molar-refractivity contribution in [3.63, 3.8) is 0 Å².